The number of aromatic nitrogens is 2. The van der Waals surface area contributed by atoms with Crippen molar-refractivity contribution in [1.29, 1.82) is 0 Å². The third-order valence-electron chi connectivity index (χ3n) is 4.30. The molecule has 0 aliphatic rings. The van der Waals surface area contributed by atoms with E-state index in [2.05, 4.69) is 20.8 Å². The third kappa shape index (κ3) is 4.64. The first-order valence-corrected chi connectivity index (χ1v) is 9.93. The van der Waals surface area contributed by atoms with E-state index in [0.717, 1.165) is 16.5 Å². The molecule has 0 atom stereocenters. The van der Waals surface area contributed by atoms with E-state index < -0.39 is 5.91 Å². The second-order valence-electron chi connectivity index (χ2n) is 6.41. The molecule has 0 saturated carbocycles. The summed E-state index contributed by atoms with van der Waals surface area (Å²) < 4.78 is 18.4. The molecule has 0 aliphatic heterocycles. The van der Waals surface area contributed by atoms with Gasteiger partial charge >= 0.3 is 0 Å². The van der Waals surface area contributed by atoms with Crippen LogP contribution in [0, 0.1) is 5.82 Å². The first kappa shape index (κ1) is 19.6. The molecule has 0 saturated heterocycles. The van der Waals surface area contributed by atoms with Crippen LogP contribution in [-0.4, -0.2) is 21.8 Å². The number of ether oxygens (including phenoxy) is 1. The number of nitrogens with one attached hydrogen (secondary N) is 3. The Bertz CT molecular complexity index is 1190. The Morgan fingerprint density at radius 2 is 1.90 bits per heavy atom. The highest BCUT2D eigenvalue weighted by molar-refractivity contribution is 7.09. The smallest absolute Gasteiger partial charge is 0.289 e. The lowest BCUT2D eigenvalue weighted by Gasteiger charge is -2.06. The molecule has 7 nitrogen and oxygen atoms in total. The molecule has 152 valence electrons. The maximum Gasteiger partial charge on any atom is 0.289 e. The molecule has 0 radical (unpaired) electrons. The summed E-state index contributed by atoms with van der Waals surface area (Å²) in [6, 6.07) is 13.3. The lowest BCUT2D eigenvalue weighted by atomic mass is 10.1. The molecule has 30 heavy (non-hydrogen) atoms. The van der Waals surface area contributed by atoms with Gasteiger partial charge in [0.15, 0.2) is 0 Å². The zero-order valence-electron chi connectivity index (χ0n) is 15.6. The van der Waals surface area contributed by atoms with Gasteiger partial charge < -0.3 is 9.72 Å². The van der Waals surface area contributed by atoms with Crippen molar-refractivity contribution in [2.24, 2.45) is 0 Å². The monoisotopic (exact) mass is 424 g/mol. The molecule has 3 N–H and O–H groups in total. The van der Waals surface area contributed by atoms with Crippen molar-refractivity contribution < 1.29 is 18.7 Å². The van der Waals surface area contributed by atoms with Gasteiger partial charge in [0.25, 0.3) is 5.91 Å². The Kier molecular flexibility index (Phi) is 5.71. The number of halogens is 1. The van der Waals surface area contributed by atoms with E-state index in [-0.39, 0.29) is 30.4 Å². The van der Waals surface area contributed by atoms with Gasteiger partial charge in [-0.3, -0.25) is 20.4 Å². The number of H-pyrrole nitrogens is 1. The van der Waals surface area contributed by atoms with Crippen LogP contribution >= 0.6 is 11.3 Å². The van der Waals surface area contributed by atoms with Crippen LogP contribution in [-0.2, 0) is 17.8 Å². The molecule has 2 aromatic heterocycles. The van der Waals surface area contributed by atoms with Crippen LogP contribution in [0.5, 0.6) is 5.75 Å². The molecule has 0 bridgehead atoms. The minimum absolute atomic E-state index is 0.123. The summed E-state index contributed by atoms with van der Waals surface area (Å²) in [5.41, 5.74) is 6.72. The average molecular weight is 424 g/mol. The van der Waals surface area contributed by atoms with E-state index in [1.807, 2.05) is 24.3 Å². The molecule has 0 fully saturated rings. The highest BCUT2D eigenvalue weighted by Crippen LogP contribution is 2.18. The largest absolute Gasteiger partial charge is 0.486 e. The fourth-order valence-corrected chi connectivity index (χ4v) is 3.53. The van der Waals surface area contributed by atoms with Crippen molar-refractivity contribution >= 4 is 34.1 Å². The van der Waals surface area contributed by atoms with E-state index in [4.69, 9.17) is 4.74 Å². The lowest BCUT2D eigenvalue weighted by molar-refractivity contribution is -0.121. The van der Waals surface area contributed by atoms with Crippen molar-refractivity contribution in [3.05, 3.63) is 82.2 Å². The van der Waals surface area contributed by atoms with Gasteiger partial charge in [0.1, 0.15) is 28.9 Å². The van der Waals surface area contributed by atoms with Gasteiger partial charge in [-0.05, 0) is 35.9 Å². The summed E-state index contributed by atoms with van der Waals surface area (Å²) in [4.78, 5) is 31.7. The highest BCUT2D eigenvalue weighted by Gasteiger charge is 2.13. The standard InChI is InChI=1S/C21H17FN4O3S/c22-14-5-7-15(8-6-14)29-11-20-24-18(12-30-20)21(28)26-25-19(27)9-13-10-23-17-4-2-1-3-16(13)17/h1-8,10,12,23H,9,11H2,(H,25,27)(H,26,28). The Morgan fingerprint density at radius 1 is 1.10 bits per heavy atom. The predicted molar refractivity (Wildman–Crippen MR) is 110 cm³/mol. The summed E-state index contributed by atoms with van der Waals surface area (Å²) in [5, 5.41) is 3.11. The molecule has 9 heteroatoms. The predicted octanol–water partition coefficient (Wildman–Crippen LogP) is 3.35. The molecule has 0 spiro atoms. The SMILES string of the molecule is O=C(Cc1c[nH]c2ccccc12)NNC(=O)c1csc(COc2ccc(F)cc2)n1. The number of hydrogen-bond acceptors (Lipinski definition) is 5. The first-order chi connectivity index (χ1) is 14.6. The van der Waals surface area contributed by atoms with E-state index in [1.165, 1.54) is 35.6 Å². The lowest BCUT2D eigenvalue weighted by Crippen LogP contribution is -2.42. The number of nitrogens with zero attached hydrogens (tertiary/aromatic N) is 1. The summed E-state index contributed by atoms with van der Waals surface area (Å²) in [6.07, 6.45) is 1.90. The molecular weight excluding hydrogens is 407 g/mol. The van der Waals surface area contributed by atoms with Crippen LogP contribution in [0.4, 0.5) is 4.39 Å². The van der Waals surface area contributed by atoms with Gasteiger partial charge in [-0.2, -0.15) is 0 Å². The molecule has 4 aromatic rings. The zero-order valence-corrected chi connectivity index (χ0v) is 16.5. The summed E-state index contributed by atoms with van der Waals surface area (Å²) in [7, 11) is 0. The fraction of sp³-hybridized carbons (Fsp3) is 0.0952. The normalized spacial score (nSPS) is 10.7. The highest BCUT2D eigenvalue weighted by atomic mass is 32.1. The number of fused-ring (bicyclic) bond motifs is 1. The molecule has 0 aliphatic carbocycles. The second-order valence-corrected chi connectivity index (χ2v) is 7.35. The first-order valence-electron chi connectivity index (χ1n) is 9.05. The van der Waals surface area contributed by atoms with E-state index in [1.54, 1.807) is 11.6 Å². The van der Waals surface area contributed by atoms with Gasteiger partial charge in [0, 0.05) is 22.5 Å². The van der Waals surface area contributed by atoms with Crippen molar-refractivity contribution in [2.45, 2.75) is 13.0 Å². The van der Waals surface area contributed by atoms with Crippen molar-refractivity contribution in [2.75, 3.05) is 0 Å². The van der Waals surface area contributed by atoms with Gasteiger partial charge in [-0.15, -0.1) is 11.3 Å². The molecular formula is C21H17FN4O3S. The Labute approximate surface area is 174 Å². The van der Waals surface area contributed by atoms with Crippen molar-refractivity contribution in [1.82, 2.24) is 20.8 Å². The number of hydrogen-bond donors (Lipinski definition) is 3. The number of hydrazine groups is 1. The Morgan fingerprint density at radius 3 is 2.73 bits per heavy atom. The number of aromatic amines is 1. The van der Waals surface area contributed by atoms with Crippen molar-refractivity contribution in [3.63, 3.8) is 0 Å². The molecule has 2 amide bonds. The summed E-state index contributed by atoms with van der Waals surface area (Å²) in [5.74, 6) is -0.709. The number of para-hydroxylation sites is 1. The fourth-order valence-electron chi connectivity index (χ4n) is 2.84. The van der Waals surface area contributed by atoms with Gasteiger partial charge in [-0.25, -0.2) is 9.37 Å². The van der Waals surface area contributed by atoms with Gasteiger partial charge in [-0.1, -0.05) is 18.2 Å². The van der Waals surface area contributed by atoms with Crippen LogP contribution in [0.2, 0.25) is 0 Å². The van der Waals surface area contributed by atoms with Crippen molar-refractivity contribution in [3.8, 4) is 5.75 Å². The van der Waals surface area contributed by atoms with Crippen LogP contribution in [0.25, 0.3) is 10.9 Å². The number of amides is 2. The van der Waals surface area contributed by atoms with Crippen LogP contribution in [0.3, 0.4) is 0 Å². The number of rotatable bonds is 6. The zero-order chi connectivity index (χ0) is 20.9. The summed E-state index contributed by atoms with van der Waals surface area (Å²) >= 11 is 1.25. The van der Waals surface area contributed by atoms with E-state index in [9.17, 15) is 14.0 Å². The number of benzene rings is 2. The van der Waals surface area contributed by atoms with Gasteiger partial charge in [0.05, 0.1) is 6.42 Å². The number of thiazole rings is 1. The van der Waals surface area contributed by atoms with Crippen LogP contribution in [0.1, 0.15) is 21.1 Å². The van der Waals surface area contributed by atoms with Crippen LogP contribution in [0.15, 0.2) is 60.1 Å². The minimum atomic E-state index is -0.522. The maximum atomic E-state index is 12.9. The average Bonchev–Trinajstić information content (AvgIpc) is 3.39. The topological polar surface area (TPSA) is 96.1 Å². The van der Waals surface area contributed by atoms with E-state index >= 15 is 0 Å². The Balaban J connectivity index is 1.27. The minimum Gasteiger partial charge on any atom is -0.486 e. The quantitative estimate of drug-likeness (QED) is 0.414. The van der Waals surface area contributed by atoms with Gasteiger partial charge in [0.2, 0.25) is 5.91 Å². The number of carbonyl (C=O) groups is 2. The third-order valence-corrected chi connectivity index (χ3v) is 5.12. The molecule has 2 heterocycles. The van der Waals surface area contributed by atoms with E-state index in [0.29, 0.717) is 10.8 Å². The second kappa shape index (κ2) is 8.75. The Hall–Kier alpha value is -3.72. The van der Waals surface area contributed by atoms with Crippen LogP contribution < -0.4 is 15.6 Å². The number of carbonyl (C=O) groups excluding carboxylic acids is 2. The molecule has 4 rings (SSSR count). The maximum absolute atomic E-state index is 12.9. The summed E-state index contributed by atoms with van der Waals surface area (Å²) in [6.45, 7) is 0.149. The molecule has 2 aromatic carbocycles. The molecule has 0 unspecified atom stereocenters.